The van der Waals surface area contributed by atoms with E-state index in [9.17, 15) is 4.79 Å². The second kappa shape index (κ2) is 7.91. The highest BCUT2D eigenvalue weighted by atomic mass is 16.3. The maximum atomic E-state index is 12.9. The summed E-state index contributed by atoms with van der Waals surface area (Å²) in [5.41, 5.74) is 4.17. The fourth-order valence-corrected chi connectivity index (χ4v) is 3.49. The van der Waals surface area contributed by atoms with Crippen molar-refractivity contribution in [3.63, 3.8) is 0 Å². The maximum Gasteiger partial charge on any atom is 0.252 e. The van der Waals surface area contributed by atoms with Gasteiger partial charge in [-0.25, -0.2) is 4.98 Å². The van der Waals surface area contributed by atoms with Crippen molar-refractivity contribution in [1.29, 1.82) is 0 Å². The third-order valence-corrected chi connectivity index (χ3v) is 4.89. The Kier molecular flexibility index (Phi) is 5.16. The van der Waals surface area contributed by atoms with Crippen LogP contribution in [0.15, 0.2) is 52.9 Å². The van der Waals surface area contributed by atoms with Gasteiger partial charge in [-0.05, 0) is 57.5 Å². The minimum Gasteiger partial charge on any atom is -0.460 e. The molecular formula is C23H24N4O2. The zero-order valence-electron chi connectivity index (χ0n) is 16.9. The molecule has 0 atom stereocenters. The number of amides is 1. The summed E-state index contributed by atoms with van der Waals surface area (Å²) in [6, 6.07) is 15.3. The third kappa shape index (κ3) is 4.06. The minimum absolute atomic E-state index is 0.110. The number of nitrogens with one attached hydrogen (secondary N) is 1. The normalized spacial score (nSPS) is 11.1. The number of pyridine rings is 1. The second-order valence-corrected chi connectivity index (χ2v) is 7.24. The van der Waals surface area contributed by atoms with Gasteiger partial charge in [0.25, 0.3) is 5.91 Å². The Morgan fingerprint density at radius 2 is 1.93 bits per heavy atom. The number of carbonyl (C=O) groups is 1. The number of fused-ring (bicyclic) bond motifs is 1. The molecule has 3 heterocycles. The summed E-state index contributed by atoms with van der Waals surface area (Å²) in [6.07, 6.45) is 0.806. The first-order valence-electron chi connectivity index (χ1n) is 9.77. The molecule has 1 amide bonds. The minimum atomic E-state index is -0.110. The summed E-state index contributed by atoms with van der Waals surface area (Å²) in [6.45, 7) is 7.26. The quantitative estimate of drug-likeness (QED) is 0.496. The molecule has 0 fully saturated rings. The molecule has 6 nitrogen and oxygen atoms in total. The van der Waals surface area contributed by atoms with Crippen molar-refractivity contribution in [3.8, 4) is 11.5 Å². The molecule has 1 aromatic carbocycles. The van der Waals surface area contributed by atoms with Crippen LogP contribution in [0.3, 0.4) is 0 Å². The predicted octanol–water partition coefficient (Wildman–Crippen LogP) is 4.44. The Morgan fingerprint density at radius 3 is 2.66 bits per heavy atom. The van der Waals surface area contributed by atoms with E-state index in [4.69, 9.17) is 4.42 Å². The largest absolute Gasteiger partial charge is 0.460 e. The van der Waals surface area contributed by atoms with Crippen LogP contribution in [-0.2, 0) is 6.54 Å². The number of para-hydroxylation sites is 1. The molecule has 4 rings (SSSR count). The Morgan fingerprint density at radius 1 is 1.10 bits per heavy atom. The summed E-state index contributed by atoms with van der Waals surface area (Å²) in [7, 11) is 0. The van der Waals surface area contributed by atoms with Crippen molar-refractivity contribution in [2.75, 3.05) is 6.54 Å². The van der Waals surface area contributed by atoms with E-state index < -0.39 is 0 Å². The first-order chi connectivity index (χ1) is 14.0. The fourth-order valence-electron chi connectivity index (χ4n) is 3.49. The number of furan rings is 1. The highest BCUT2D eigenvalue weighted by molar-refractivity contribution is 6.07. The van der Waals surface area contributed by atoms with Crippen LogP contribution in [0.2, 0.25) is 0 Å². The van der Waals surface area contributed by atoms with Gasteiger partial charge in [0.2, 0.25) is 0 Å². The smallest absolute Gasteiger partial charge is 0.252 e. The van der Waals surface area contributed by atoms with Crippen molar-refractivity contribution in [1.82, 2.24) is 20.1 Å². The lowest BCUT2D eigenvalue weighted by molar-refractivity contribution is 0.0954. The van der Waals surface area contributed by atoms with Crippen LogP contribution < -0.4 is 5.32 Å². The van der Waals surface area contributed by atoms with Crippen LogP contribution in [0.4, 0.5) is 0 Å². The van der Waals surface area contributed by atoms with Crippen molar-refractivity contribution >= 4 is 16.8 Å². The van der Waals surface area contributed by atoms with Crippen LogP contribution in [0.25, 0.3) is 22.4 Å². The molecule has 0 aliphatic heterocycles. The molecule has 148 valence electrons. The first-order valence-corrected chi connectivity index (χ1v) is 9.77. The van der Waals surface area contributed by atoms with Gasteiger partial charge in [-0.1, -0.05) is 18.2 Å². The lowest BCUT2D eigenvalue weighted by Gasteiger charge is -2.10. The number of carbonyl (C=O) groups excluding carboxylic acids is 1. The van der Waals surface area contributed by atoms with E-state index in [1.165, 1.54) is 0 Å². The van der Waals surface area contributed by atoms with Gasteiger partial charge in [-0.15, -0.1) is 0 Å². The van der Waals surface area contributed by atoms with Crippen molar-refractivity contribution < 1.29 is 9.21 Å². The van der Waals surface area contributed by atoms with E-state index in [2.05, 4.69) is 21.5 Å². The molecule has 0 bridgehead atoms. The van der Waals surface area contributed by atoms with Crippen LogP contribution in [0.5, 0.6) is 0 Å². The molecule has 4 aromatic rings. The topological polar surface area (TPSA) is 73.0 Å². The van der Waals surface area contributed by atoms with Crippen LogP contribution in [-0.4, -0.2) is 27.2 Å². The van der Waals surface area contributed by atoms with E-state index in [-0.39, 0.29) is 5.91 Å². The number of rotatable bonds is 6. The van der Waals surface area contributed by atoms with Gasteiger partial charge in [-0.3, -0.25) is 9.48 Å². The molecule has 0 aliphatic carbocycles. The van der Waals surface area contributed by atoms with Crippen LogP contribution in [0.1, 0.15) is 33.9 Å². The zero-order chi connectivity index (χ0) is 20.4. The summed E-state index contributed by atoms with van der Waals surface area (Å²) in [4.78, 5) is 17.6. The maximum absolute atomic E-state index is 12.9. The van der Waals surface area contributed by atoms with Gasteiger partial charge in [-0.2, -0.15) is 5.10 Å². The van der Waals surface area contributed by atoms with Crippen LogP contribution in [0, 0.1) is 20.8 Å². The van der Waals surface area contributed by atoms with Gasteiger partial charge in [0.05, 0.1) is 16.8 Å². The van der Waals surface area contributed by atoms with Crippen LogP contribution >= 0.6 is 0 Å². The number of nitrogens with zero attached hydrogens (tertiary/aromatic N) is 3. The lowest BCUT2D eigenvalue weighted by Crippen LogP contribution is -2.26. The molecule has 0 unspecified atom stereocenters. The molecule has 1 N–H and O–H groups in total. The first kappa shape index (κ1) is 18.9. The van der Waals surface area contributed by atoms with Crippen molar-refractivity contribution in [3.05, 3.63) is 71.2 Å². The number of aromatic nitrogens is 3. The SMILES string of the molecule is Cc1cc(C)n(CCCNC(=O)c2cc(-c3ccc(C)o3)nc3ccccc23)n1. The lowest BCUT2D eigenvalue weighted by atomic mass is 10.1. The number of aryl methyl sites for hydroxylation is 4. The third-order valence-electron chi connectivity index (χ3n) is 4.89. The Balaban J connectivity index is 1.52. The molecule has 3 aromatic heterocycles. The number of hydrogen-bond donors (Lipinski definition) is 1. The predicted molar refractivity (Wildman–Crippen MR) is 113 cm³/mol. The van der Waals surface area contributed by atoms with E-state index in [1.807, 2.05) is 61.9 Å². The van der Waals surface area contributed by atoms with Crippen molar-refractivity contribution in [2.24, 2.45) is 0 Å². The Bertz CT molecular complexity index is 1170. The standard InChI is InChI=1S/C23H24N4O2/c1-15-13-16(2)27(26-15)12-6-11-24-23(28)19-14-21(22-10-9-17(3)29-22)25-20-8-5-4-7-18(19)20/h4-5,7-10,13-14H,6,11-12H2,1-3H3,(H,24,28). The average molecular weight is 388 g/mol. The van der Waals surface area contributed by atoms with E-state index in [0.717, 1.165) is 41.0 Å². The summed E-state index contributed by atoms with van der Waals surface area (Å²) < 4.78 is 7.68. The van der Waals surface area contributed by atoms with E-state index in [0.29, 0.717) is 23.6 Å². The Labute approximate surface area is 169 Å². The van der Waals surface area contributed by atoms with Crippen molar-refractivity contribution in [2.45, 2.75) is 33.7 Å². The fraction of sp³-hybridized carbons (Fsp3) is 0.261. The highest BCUT2D eigenvalue weighted by Crippen LogP contribution is 2.26. The molecule has 0 saturated carbocycles. The summed E-state index contributed by atoms with van der Waals surface area (Å²) in [5, 5.41) is 8.32. The van der Waals surface area contributed by atoms with Gasteiger partial charge in [0, 0.05) is 24.2 Å². The zero-order valence-corrected chi connectivity index (χ0v) is 16.9. The summed E-state index contributed by atoms with van der Waals surface area (Å²) in [5.74, 6) is 1.36. The monoisotopic (exact) mass is 388 g/mol. The molecular weight excluding hydrogens is 364 g/mol. The van der Waals surface area contributed by atoms with Gasteiger partial charge < -0.3 is 9.73 Å². The molecule has 0 aliphatic rings. The molecule has 6 heteroatoms. The second-order valence-electron chi connectivity index (χ2n) is 7.24. The van der Waals surface area contributed by atoms with Gasteiger partial charge >= 0.3 is 0 Å². The van der Waals surface area contributed by atoms with E-state index in [1.54, 1.807) is 6.07 Å². The number of hydrogen-bond acceptors (Lipinski definition) is 4. The van der Waals surface area contributed by atoms with Gasteiger partial charge in [0.15, 0.2) is 5.76 Å². The highest BCUT2D eigenvalue weighted by Gasteiger charge is 2.15. The average Bonchev–Trinajstić information content (AvgIpc) is 3.28. The molecule has 0 radical (unpaired) electrons. The Hall–Kier alpha value is -3.41. The number of benzene rings is 1. The molecule has 0 spiro atoms. The summed E-state index contributed by atoms with van der Waals surface area (Å²) >= 11 is 0. The molecule has 29 heavy (non-hydrogen) atoms. The van der Waals surface area contributed by atoms with Gasteiger partial charge in [0.1, 0.15) is 11.5 Å². The van der Waals surface area contributed by atoms with E-state index >= 15 is 0 Å². The molecule has 0 saturated heterocycles.